The summed E-state index contributed by atoms with van der Waals surface area (Å²) in [5.41, 5.74) is 2.89. The quantitative estimate of drug-likeness (QED) is 0.164. The van der Waals surface area contributed by atoms with E-state index in [1.165, 1.54) is 24.3 Å². The van der Waals surface area contributed by atoms with Gasteiger partial charge in [-0.3, -0.25) is 0 Å². The molecule has 1 aromatic heterocycles. The van der Waals surface area contributed by atoms with Gasteiger partial charge >= 0.3 is 11.6 Å². The van der Waals surface area contributed by atoms with E-state index in [0.717, 1.165) is 16.7 Å². The molecule has 0 bridgehead atoms. The lowest BCUT2D eigenvalue weighted by molar-refractivity contribution is -0.136. The van der Waals surface area contributed by atoms with Gasteiger partial charge in [0.25, 0.3) is 0 Å². The summed E-state index contributed by atoms with van der Waals surface area (Å²) in [7, 11) is -4.02. The molecule has 0 radical (unpaired) electrons. The third kappa shape index (κ3) is 6.14. The smallest absolute Gasteiger partial charge is 0.336 e. The summed E-state index contributed by atoms with van der Waals surface area (Å²) in [5.74, 6) is -0.677. The van der Waals surface area contributed by atoms with Crippen molar-refractivity contribution in [2.75, 3.05) is 0 Å². The zero-order valence-electron chi connectivity index (χ0n) is 21.0. The van der Waals surface area contributed by atoms with Crippen LogP contribution < -0.4 is 15.1 Å². The molecule has 0 spiro atoms. The molecule has 39 heavy (non-hydrogen) atoms. The standard InChI is InChI=1S/C31H25NO6S/c1-21-12-15-25(16-13-21)39(35,36)32-28(18-22-8-4-2-5-9-22)31(34)37-24-14-17-26-27(23-10-6-3-7-11-23)20-30(33)38-29(26)19-24/h2-17,19-20,28,32H,18H2,1H3/t28-/m0/s1. The van der Waals surface area contributed by atoms with Gasteiger partial charge in [0.05, 0.1) is 4.90 Å². The van der Waals surface area contributed by atoms with Crippen LogP contribution in [0.1, 0.15) is 11.1 Å². The van der Waals surface area contributed by atoms with E-state index in [0.29, 0.717) is 10.9 Å². The summed E-state index contributed by atoms with van der Waals surface area (Å²) in [6, 6.07) is 29.7. The van der Waals surface area contributed by atoms with Crippen LogP contribution in [0, 0.1) is 6.92 Å². The Hall–Kier alpha value is -4.53. The number of carbonyl (C=O) groups is 1. The number of carbonyl (C=O) groups excluding carboxylic acids is 1. The van der Waals surface area contributed by atoms with Gasteiger partial charge in [-0.2, -0.15) is 4.72 Å². The summed E-state index contributed by atoms with van der Waals surface area (Å²) in [6.07, 6.45) is 0.0750. The molecule has 196 valence electrons. The van der Waals surface area contributed by atoms with Gasteiger partial charge in [0.2, 0.25) is 10.0 Å². The Balaban J connectivity index is 1.45. The van der Waals surface area contributed by atoms with Crippen LogP contribution in [-0.2, 0) is 21.2 Å². The zero-order valence-corrected chi connectivity index (χ0v) is 21.9. The summed E-state index contributed by atoms with van der Waals surface area (Å²) >= 11 is 0. The van der Waals surface area contributed by atoms with E-state index in [2.05, 4.69) is 4.72 Å². The first-order valence-electron chi connectivity index (χ1n) is 12.3. The van der Waals surface area contributed by atoms with Crippen LogP contribution in [0.4, 0.5) is 0 Å². The van der Waals surface area contributed by atoms with Crippen LogP contribution in [0.15, 0.2) is 123 Å². The first-order chi connectivity index (χ1) is 18.8. The number of hydrogen-bond donors (Lipinski definition) is 1. The number of esters is 1. The Morgan fingerprint density at radius 1 is 0.872 bits per heavy atom. The van der Waals surface area contributed by atoms with Crippen LogP contribution >= 0.6 is 0 Å². The second-order valence-electron chi connectivity index (χ2n) is 9.10. The fraction of sp³-hybridized carbons (Fsp3) is 0.0968. The second-order valence-corrected chi connectivity index (χ2v) is 10.8. The van der Waals surface area contributed by atoms with E-state index in [1.807, 2.05) is 55.5 Å². The van der Waals surface area contributed by atoms with Gasteiger partial charge in [0.15, 0.2) is 0 Å². The van der Waals surface area contributed by atoms with Gasteiger partial charge in [-0.15, -0.1) is 0 Å². The van der Waals surface area contributed by atoms with Gasteiger partial charge in [-0.1, -0.05) is 78.4 Å². The van der Waals surface area contributed by atoms with E-state index in [-0.39, 0.29) is 22.6 Å². The molecule has 5 aromatic rings. The van der Waals surface area contributed by atoms with Crippen molar-refractivity contribution in [2.24, 2.45) is 0 Å². The van der Waals surface area contributed by atoms with Crippen LogP contribution in [0.25, 0.3) is 22.1 Å². The third-order valence-electron chi connectivity index (χ3n) is 6.22. The average molecular weight is 540 g/mol. The highest BCUT2D eigenvalue weighted by atomic mass is 32.2. The van der Waals surface area contributed by atoms with Crippen LogP contribution in [0.3, 0.4) is 0 Å². The van der Waals surface area contributed by atoms with Crippen molar-refractivity contribution in [1.82, 2.24) is 4.72 Å². The van der Waals surface area contributed by atoms with Crippen molar-refractivity contribution >= 4 is 27.0 Å². The maximum atomic E-state index is 13.3. The van der Waals surface area contributed by atoms with E-state index in [1.54, 1.807) is 36.4 Å². The highest BCUT2D eigenvalue weighted by Gasteiger charge is 2.28. The molecule has 4 aromatic carbocycles. The van der Waals surface area contributed by atoms with Crippen LogP contribution in [0.5, 0.6) is 5.75 Å². The van der Waals surface area contributed by atoms with Gasteiger partial charge in [0, 0.05) is 17.5 Å². The number of rotatable bonds is 8. The van der Waals surface area contributed by atoms with Crippen molar-refractivity contribution in [3.05, 3.63) is 131 Å². The largest absolute Gasteiger partial charge is 0.425 e. The van der Waals surface area contributed by atoms with Gasteiger partial charge < -0.3 is 9.15 Å². The molecule has 1 N–H and O–H groups in total. The second kappa shape index (κ2) is 11.1. The molecule has 1 atom stereocenters. The topological polar surface area (TPSA) is 103 Å². The minimum atomic E-state index is -4.02. The lowest BCUT2D eigenvalue weighted by atomic mass is 10.0. The molecular formula is C31H25NO6S. The Labute approximate surface area is 225 Å². The molecule has 8 heteroatoms. The number of fused-ring (bicyclic) bond motifs is 1. The molecule has 0 aliphatic rings. The van der Waals surface area contributed by atoms with E-state index >= 15 is 0 Å². The SMILES string of the molecule is Cc1ccc(S(=O)(=O)N[C@@H](Cc2ccccc2)C(=O)Oc2ccc3c(-c4ccccc4)cc(=O)oc3c2)cc1. The van der Waals surface area contributed by atoms with E-state index in [9.17, 15) is 18.0 Å². The van der Waals surface area contributed by atoms with Crippen molar-refractivity contribution in [3.63, 3.8) is 0 Å². The summed E-state index contributed by atoms with van der Waals surface area (Å²) < 4.78 is 39.7. The third-order valence-corrected chi connectivity index (χ3v) is 7.70. The zero-order chi connectivity index (χ0) is 27.4. The molecule has 0 saturated carbocycles. The first-order valence-corrected chi connectivity index (χ1v) is 13.7. The molecule has 0 amide bonds. The number of ether oxygens (including phenoxy) is 1. The molecule has 0 aliphatic carbocycles. The minimum absolute atomic E-state index is 0.0416. The van der Waals surface area contributed by atoms with E-state index in [4.69, 9.17) is 9.15 Å². The van der Waals surface area contributed by atoms with Crippen molar-refractivity contribution in [2.45, 2.75) is 24.3 Å². The lowest BCUT2D eigenvalue weighted by Crippen LogP contribution is -2.44. The highest BCUT2D eigenvalue weighted by Crippen LogP contribution is 2.30. The summed E-state index contributed by atoms with van der Waals surface area (Å²) in [5, 5.41) is 0.668. The van der Waals surface area contributed by atoms with Gasteiger partial charge in [-0.25, -0.2) is 18.0 Å². The monoisotopic (exact) mass is 539 g/mol. The van der Waals surface area contributed by atoms with Gasteiger partial charge in [-0.05, 0) is 54.3 Å². The van der Waals surface area contributed by atoms with Crippen molar-refractivity contribution in [1.29, 1.82) is 0 Å². The normalized spacial score (nSPS) is 12.2. The Bertz CT molecular complexity index is 1780. The fourth-order valence-corrected chi connectivity index (χ4v) is 5.43. The molecule has 0 saturated heterocycles. The number of sulfonamides is 1. The fourth-order valence-electron chi connectivity index (χ4n) is 4.25. The molecule has 1 heterocycles. The molecular weight excluding hydrogens is 514 g/mol. The highest BCUT2D eigenvalue weighted by molar-refractivity contribution is 7.89. The molecule has 0 unspecified atom stereocenters. The number of aryl methyl sites for hydroxylation is 1. The van der Waals surface area contributed by atoms with Crippen molar-refractivity contribution < 1.29 is 22.4 Å². The lowest BCUT2D eigenvalue weighted by Gasteiger charge is -2.18. The maximum Gasteiger partial charge on any atom is 0.336 e. The molecule has 0 fully saturated rings. The Morgan fingerprint density at radius 2 is 1.54 bits per heavy atom. The summed E-state index contributed by atoms with van der Waals surface area (Å²) in [6.45, 7) is 1.86. The molecule has 0 aliphatic heterocycles. The molecule has 5 rings (SSSR count). The van der Waals surface area contributed by atoms with E-state index < -0.39 is 27.7 Å². The first kappa shape index (κ1) is 26.1. The maximum absolute atomic E-state index is 13.3. The predicted molar refractivity (Wildman–Crippen MR) is 149 cm³/mol. The minimum Gasteiger partial charge on any atom is -0.425 e. The average Bonchev–Trinajstić information content (AvgIpc) is 2.93. The number of benzene rings is 4. The van der Waals surface area contributed by atoms with Crippen LogP contribution in [-0.4, -0.2) is 20.4 Å². The number of hydrogen-bond acceptors (Lipinski definition) is 6. The van der Waals surface area contributed by atoms with Crippen molar-refractivity contribution in [3.8, 4) is 16.9 Å². The van der Waals surface area contributed by atoms with Crippen LogP contribution in [0.2, 0.25) is 0 Å². The number of nitrogens with one attached hydrogen (secondary N) is 1. The Kier molecular flexibility index (Phi) is 7.40. The summed E-state index contributed by atoms with van der Waals surface area (Å²) in [4.78, 5) is 25.7. The van der Waals surface area contributed by atoms with Gasteiger partial charge in [0.1, 0.15) is 17.4 Å². The molecule has 7 nitrogen and oxygen atoms in total. The predicted octanol–water partition coefficient (Wildman–Crippen LogP) is 5.26. The Morgan fingerprint density at radius 3 is 2.23 bits per heavy atom.